The Hall–Kier alpha value is -0.440. The molecule has 0 nitrogen and oxygen atoms in total. The predicted octanol–water partition coefficient (Wildman–Crippen LogP) is 5.34. The number of hydrogen-bond donors (Lipinski definition) is 0. The van der Waals surface area contributed by atoms with Crippen molar-refractivity contribution in [3.05, 3.63) is 13.3 Å². The fourth-order valence-electron chi connectivity index (χ4n) is 1.60. The molecule has 0 fully saturated rings. The van der Waals surface area contributed by atoms with Crippen molar-refractivity contribution in [3.63, 3.8) is 0 Å². The first-order valence-electron chi connectivity index (χ1n) is 6.98. The minimum atomic E-state index is 1.05. The van der Waals surface area contributed by atoms with Crippen molar-refractivity contribution in [2.24, 2.45) is 0 Å². The van der Waals surface area contributed by atoms with Crippen LogP contribution in [-0.2, 0) is 0 Å². The first-order chi connectivity index (χ1) is 7.91. The number of unbranched alkanes of at least 4 members (excludes halogenated alkanes) is 10. The highest BCUT2D eigenvalue weighted by atomic mass is 13.9. The van der Waals surface area contributed by atoms with Crippen LogP contribution in [0, 0.1) is 25.2 Å². The molecule has 0 aromatic rings. The predicted molar refractivity (Wildman–Crippen MR) is 73.9 cm³/mol. The van der Waals surface area contributed by atoms with Gasteiger partial charge < -0.3 is 0 Å². The Morgan fingerprint density at radius 1 is 0.875 bits per heavy atom. The van der Waals surface area contributed by atoms with Crippen LogP contribution in [0.1, 0.15) is 77.6 Å². The van der Waals surface area contributed by atoms with Crippen LogP contribution in [0.25, 0.3) is 0 Å². The van der Waals surface area contributed by atoms with Gasteiger partial charge in [-0.15, -0.1) is 11.8 Å². The molecule has 0 aromatic carbocycles. The summed E-state index contributed by atoms with van der Waals surface area (Å²) in [6.07, 6.45) is 15.9. The third kappa shape index (κ3) is 13.6. The van der Waals surface area contributed by atoms with Crippen molar-refractivity contribution in [2.45, 2.75) is 77.6 Å². The molecule has 0 atom stereocenters. The van der Waals surface area contributed by atoms with Gasteiger partial charge in [0.05, 0.1) is 0 Å². The Bertz CT molecular complexity index is 170. The van der Waals surface area contributed by atoms with Gasteiger partial charge >= 0.3 is 0 Å². The van der Waals surface area contributed by atoms with E-state index >= 15 is 0 Å². The molecule has 0 rings (SSSR count). The highest BCUT2D eigenvalue weighted by Crippen LogP contribution is 2.07. The van der Waals surface area contributed by atoms with E-state index in [-0.39, 0.29) is 0 Å². The fraction of sp³-hybridized carbons (Fsp3) is 0.750. The largest absolute Gasteiger partial charge is 0.103 e. The first kappa shape index (κ1) is 15.6. The van der Waals surface area contributed by atoms with Gasteiger partial charge in [0.25, 0.3) is 0 Å². The average Bonchev–Trinajstić information content (AvgIpc) is 2.31. The Labute approximate surface area is 103 Å². The third-order valence-corrected chi connectivity index (χ3v) is 2.66. The van der Waals surface area contributed by atoms with Crippen molar-refractivity contribution < 1.29 is 0 Å². The van der Waals surface area contributed by atoms with Crippen molar-refractivity contribution in [2.75, 3.05) is 0 Å². The van der Waals surface area contributed by atoms with Gasteiger partial charge in [-0.25, -0.2) is 0 Å². The molecule has 0 aliphatic heterocycles. The molecule has 0 heterocycles. The van der Waals surface area contributed by atoms with Crippen molar-refractivity contribution >= 4 is 0 Å². The van der Waals surface area contributed by atoms with E-state index in [2.05, 4.69) is 32.1 Å². The molecule has 0 aliphatic carbocycles. The van der Waals surface area contributed by atoms with Crippen LogP contribution in [0.3, 0.4) is 0 Å². The molecule has 2 radical (unpaired) electrons. The second-order valence-corrected chi connectivity index (χ2v) is 4.34. The van der Waals surface area contributed by atoms with Gasteiger partial charge in [0.2, 0.25) is 0 Å². The zero-order chi connectivity index (χ0) is 11.9. The molecule has 0 bridgehead atoms. The van der Waals surface area contributed by atoms with E-state index in [1.807, 2.05) is 0 Å². The van der Waals surface area contributed by atoms with Crippen LogP contribution in [0.15, 0.2) is 0 Å². The minimum Gasteiger partial charge on any atom is -0.103 e. The van der Waals surface area contributed by atoms with Crippen LogP contribution >= 0.6 is 0 Å². The Kier molecular flexibility index (Phi) is 14.2. The summed E-state index contributed by atoms with van der Waals surface area (Å²) in [6.45, 7) is 6.08. The van der Waals surface area contributed by atoms with Crippen LogP contribution < -0.4 is 0 Å². The molecule has 0 unspecified atom stereocenters. The maximum Gasteiger partial charge on any atom is 0.00914 e. The Morgan fingerprint density at radius 3 is 2.44 bits per heavy atom. The summed E-state index contributed by atoms with van der Waals surface area (Å²) in [6, 6.07) is 0. The molecule has 0 spiro atoms. The molecule has 92 valence electrons. The van der Waals surface area contributed by atoms with Gasteiger partial charge in [-0.2, -0.15) is 0 Å². The second kappa shape index (κ2) is 14.6. The lowest BCUT2D eigenvalue weighted by atomic mass is 10.1. The molecule has 0 amide bonds. The Morgan fingerprint density at radius 2 is 1.69 bits per heavy atom. The van der Waals surface area contributed by atoms with Crippen LogP contribution in [-0.4, -0.2) is 0 Å². The zero-order valence-electron chi connectivity index (χ0n) is 11.1. The first-order valence-corrected chi connectivity index (χ1v) is 6.98. The van der Waals surface area contributed by atoms with E-state index in [1.165, 1.54) is 51.4 Å². The van der Waals surface area contributed by atoms with Crippen LogP contribution in [0.2, 0.25) is 0 Å². The third-order valence-electron chi connectivity index (χ3n) is 2.66. The smallest absolute Gasteiger partial charge is 0.00914 e. The lowest BCUT2D eigenvalue weighted by Gasteiger charge is -1.97. The highest BCUT2D eigenvalue weighted by molar-refractivity contribution is 4.99. The molecule has 0 N–H and O–H groups in total. The standard InChI is InChI=1S/C16H28/c1-3-5-7-9-11-13-15-16-14-12-10-8-6-4-2/h14H,1,3-10,12,15-16H2,2H3. The molecule has 0 aromatic heterocycles. The summed E-state index contributed by atoms with van der Waals surface area (Å²) in [5, 5.41) is 0. The zero-order valence-corrected chi connectivity index (χ0v) is 11.1. The quantitative estimate of drug-likeness (QED) is 0.344. The van der Waals surface area contributed by atoms with E-state index in [9.17, 15) is 0 Å². The van der Waals surface area contributed by atoms with E-state index in [4.69, 9.17) is 0 Å². The van der Waals surface area contributed by atoms with E-state index in [0.717, 1.165) is 19.3 Å². The van der Waals surface area contributed by atoms with Crippen molar-refractivity contribution in [3.8, 4) is 11.8 Å². The fourth-order valence-corrected chi connectivity index (χ4v) is 1.60. The lowest BCUT2D eigenvalue weighted by Crippen LogP contribution is -1.80. The molecule has 0 heteroatoms. The Balaban J connectivity index is 3.02. The minimum absolute atomic E-state index is 1.05. The van der Waals surface area contributed by atoms with Crippen LogP contribution in [0.5, 0.6) is 0 Å². The van der Waals surface area contributed by atoms with Gasteiger partial charge in [0.1, 0.15) is 0 Å². The SMILES string of the molecule is [CH2]CCCCC#CCC[CH]CCCCCC. The second-order valence-electron chi connectivity index (χ2n) is 4.34. The maximum atomic E-state index is 3.82. The normalized spacial score (nSPS) is 9.88. The summed E-state index contributed by atoms with van der Waals surface area (Å²) in [5.74, 6) is 6.48. The molecule has 0 aliphatic rings. The molecule has 0 saturated carbocycles. The number of rotatable bonds is 10. The lowest BCUT2D eigenvalue weighted by molar-refractivity contribution is 0.652. The molecular formula is C16H28. The van der Waals surface area contributed by atoms with Gasteiger partial charge in [0.15, 0.2) is 0 Å². The summed E-state index contributed by atoms with van der Waals surface area (Å²) < 4.78 is 0. The van der Waals surface area contributed by atoms with Crippen LogP contribution in [0.4, 0.5) is 0 Å². The summed E-state index contributed by atoms with van der Waals surface area (Å²) >= 11 is 0. The summed E-state index contributed by atoms with van der Waals surface area (Å²) in [5.41, 5.74) is 0. The van der Waals surface area contributed by atoms with Gasteiger partial charge in [0, 0.05) is 12.8 Å². The van der Waals surface area contributed by atoms with Crippen molar-refractivity contribution in [1.29, 1.82) is 0 Å². The highest BCUT2D eigenvalue weighted by Gasteiger charge is 1.89. The maximum absolute atomic E-state index is 3.82. The molecule has 16 heavy (non-hydrogen) atoms. The molecular weight excluding hydrogens is 192 g/mol. The average molecular weight is 220 g/mol. The van der Waals surface area contributed by atoms with Crippen molar-refractivity contribution in [1.82, 2.24) is 0 Å². The monoisotopic (exact) mass is 220 g/mol. The number of hydrogen-bond acceptors (Lipinski definition) is 0. The van der Waals surface area contributed by atoms with Gasteiger partial charge in [-0.1, -0.05) is 58.8 Å². The summed E-state index contributed by atoms with van der Waals surface area (Å²) in [4.78, 5) is 0. The van der Waals surface area contributed by atoms with E-state index in [1.54, 1.807) is 0 Å². The van der Waals surface area contributed by atoms with E-state index < -0.39 is 0 Å². The molecule has 0 saturated heterocycles. The topological polar surface area (TPSA) is 0 Å². The van der Waals surface area contributed by atoms with Gasteiger partial charge in [-0.05, 0) is 19.3 Å². The van der Waals surface area contributed by atoms with Gasteiger partial charge in [-0.3, -0.25) is 0 Å². The summed E-state index contributed by atoms with van der Waals surface area (Å²) in [7, 11) is 0. The van der Waals surface area contributed by atoms with E-state index in [0.29, 0.717) is 0 Å².